The lowest BCUT2D eigenvalue weighted by molar-refractivity contribution is 1.06. The molecule has 1 heterocycles. The van der Waals surface area contributed by atoms with Gasteiger partial charge in [0.25, 0.3) is 0 Å². The zero-order valence-corrected chi connectivity index (χ0v) is 24.1. The molecular weight excluding hydrogens is 484 g/mol. The lowest BCUT2D eigenvalue weighted by atomic mass is 9.84. The number of aromatic nitrogens is 2. The van der Waals surface area contributed by atoms with Gasteiger partial charge in [0, 0.05) is 29.1 Å². The molecule has 4 aromatic carbocycles. The van der Waals surface area contributed by atoms with E-state index < -0.39 is 0 Å². The highest BCUT2D eigenvalue weighted by atomic mass is 15.1. The zero-order chi connectivity index (χ0) is 28.2. The van der Waals surface area contributed by atoms with Crippen LogP contribution in [0.3, 0.4) is 0 Å². The van der Waals surface area contributed by atoms with Gasteiger partial charge in [0.15, 0.2) is 0 Å². The van der Waals surface area contributed by atoms with Gasteiger partial charge in [-0.15, -0.1) is 0 Å². The predicted octanol–water partition coefficient (Wildman–Crippen LogP) is 10.4. The zero-order valence-electron chi connectivity index (χ0n) is 24.1. The molecule has 0 saturated carbocycles. The first-order valence-corrected chi connectivity index (χ1v) is 13.8. The summed E-state index contributed by atoms with van der Waals surface area (Å²) in [6.45, 7) is 15.0. The lowest BCUT2D eigenvalue weighted by Gasteiger charge is -2.25. The lowest BCUT2D eigenvalue weighted by Crippen LogP contribution is -2.07. The van der Waals surface area contributed by atoms with Gasteiger partial charge in [-0.2, -0.15) is 0 Å². The second-order valence-electron chi connectivity index (χ2n) is 10.3. The van der Waals surface area contributed by atoms with Crippen LogP contribution in [0.2, 0.25) is 0 Å². The summed E-state index contributed by atoms with van der Waals surface area (Å²) >= 11 is 0. The molecule has 2 heteroatoms. The molecule has 1 aromatic heterocycles. The van der Waals surface area contributed by atoms with E-state index in [-0.39, 0.29) is 0 Å². The highest BCUT2D eigenvalue weighted by molar-refractivity contribution is 5.95. The van der Waals surface area contributed by atoms with Gasteiger partial charge >= 0.3 is 0 Å². The molecule has 0 aliphatic carbocycles. The average Bonchev–Trinajstić information content (AvgIpc) is 3.47. The molecule has 0 aliphatic rings. The van der Waals surface area contributed by atoms with E-state index in [1.54, 1.807) is 0 Å². The van der Waals surface area contributed by atoms with E-state index in [1.807, 2.05) is 18.3 Å². The molecule has 0 atom stereocenters. The molecule has 198 valence electrons. The maximum absolute atomic E-state index is 4.87. The summed E-state index contributed by atoms with van der Waals surface area (Å²) in [5.41, 5.74) is 14.2. The van der Waals surface area contributed by atoms with E-state index in [9.17, 15) is 0 Å². The SMILES string of the molecule is C=C/C(C)=C(\C(C)=C/C)c1cc(-c2ccccc2)cc(-c2c(C)cccc2C)c1-n1ccnc1-c1ccccc1. The van der Waals surface area contributed by atoms with Crippen molar-refractivity contribution in [3.63, 3.8) is 0 Å². The largest absolute Gasteiger partial charge is 0.299 e. The summed E-state index contributed by atoms with van der Waals surface area (Å²) in [6, 6.07) is 32.3. The van der Waals surface area contributed by atoms with Gasteiger partial charge < -0.3 is 0 Å². The Morgan fingerprint density at radius 2 is 1.40 bits per heavy atom. The minimum Gasteiger partial charge on any atom is -0.299 e. The van der Waals surface area contributed by atoms with Crippen LogP contribution in [-0.4, -0.2) is 9.55 Å². The molecule has 2 nitrogen and oxygen atoms in total. The van der Waals surface area contributed by atoms with Crippen molar-refractivity contribution in [2.75, 3.05) is 0 Å². The van der Waals surface area contributed by atoms with Crippen LogP contribution in [0.5, 0.6) is 0 Å². The average molecular weight is 521 g/mol. The standard InChI is InChI=1S/C38H36N2/c1-7-26(3)35(27(4)8-2)33-24-32(30-18-11-9-12-19-30)25-34(36-28(5)16-15-17-29(36)6)37(33)40-23-22-39-38(40)31-20-13-10-14-21-31/h7-25H,1H2,2-6H3/b27-8-,35-26+. The van der Waals surface area contributed by atoms with Crippen LogP contribution in [-0.2, 0) is 0 Å². The fraction of sp³-hybridized carbons (Fsp3) is 0.132. The fourth-order valence-corrected chi connectivity index (χ4v) is 5.58. The minimum absolute atomic E-state index is 0.913. The molecule has 0 amide bonds. The Morgan fingerprint density at radius 3 is 2.00 bits per heavy atom. The van der Waals surface area contributed by atoms with E-state index in [0.717, 1.165) is 28.2 Å². The third-order valence-corrected chi connectivity index (χ3v) is 7.68. The van der Waals surface area contributed by atoms with Crippen molar-refractivity contribution in [1.29, 1.82) is 0 Å². The van der Waals surface area contributed by atoms with Crippen LogP contribution in [0.4, 0.5) is 0 Å². The van der Waals surface area contributed by atoms with Crippen LogP contribution < -0.4 is 0 Å². The van der Waals surface area contributed by atoms with Crippen molar-refractivity contribution < 1.29 is 0 Å². The molecule has 0 bridgehead atoms. The van der Waals surface area contributed by atoms with Crippen molar-refractivity contribution in [2.45, 2.75) is 34.6 Å². The number of imidazole rings is 1. The monoisotopic (exact) mass is 520 g/mol. The molecule has 0 aliphatic heterocycles. The normalized spacial score (nSPS) is 12.3. The van der Waals surface area contributed by atoms with Crippen LogP contribution in [0, 0.1) is 13.8 Å². The quantitative estimate of drug-likeness (QED) is 0.195. The van der Waals surface area contributed by atoms with E-state index in [2.05, 4.69) is 143 Å². The highest BCUT2D eigenvalue weighted by Gasteiger charge is 2.23. The van der Waals surface area contributed by atoms with Crippen molar-refractivity contribution >= 4 is 5.57 Å². The number of hydrogen-bond acceptors (Lipinski definition) is 1. The first-order chi connectivity index (χ1) is 19.4. The summed E-state index contributed by atoms with van der Waals surface area (Å²) in [5, 5.41) is 0. The molecule has 5 aromatic rings. The smallest absolute Gasteiger partial charge is 0.144 e. The maximum atomic E-state index is 4.87. The number of nitrogens with zero attached hydrogens (tertiary/aromatic N) is 2. The maximum Gasteiger partial charge on any atom is 0.144 e. The molecule has 0 radical (unpaired) electrons. The van der Waals surface area contributed by atoms with Crippen LogP contribution in [0.1, 0.15) is 37.5 Å². The second kappa shape index (κ2) is 11.6. The summed E-state index contributed by atoms with van der Waals surface area (Å²) in [6.07, 6.45) is 8.14. The van der Waals surface area contributed by atoms with E-state index in [1.165, 1.54) is 44.5 Å². The first kappa shape index (κ1) is 26.9. The van der Waals surface area contributed by atoms with Gasteiger partial charge in [0.05, 0.1) is 5.69 Å². The number of hydrogen-bond donors (Lipinski definition) is 0. The Kier molecular flexibility index (Phi) is 7.79. The van der Waals surface area contributed by atoms with E-state index in [0.29, 0.717) is 0 Å². The topological polar surface area (TPSA) is 17.8 Å². The number of aryl methyl sites for hydroxylation is 2. The third-order valence-electron chi connectivity index (χ3n) is 7.68. The van der Waals surface area contributed by atoms with Gasteiger partial charge in [0.1, 0.15) is 5.82 Å². The fourth-order valence-electron chi connectivity index (χ4n) is 5.58. The minimum atomic E-state index is 0.913. The number of rotatable bonds is 7. The molecule has 0 N–H and O–H groups in total. The summed E-state index contributed by atoms with van der Waals surface area (Å²) < 4.78 is 2.26. The predicted molar refractivity (Wildman–Crippen MR) is 172 cm³/mol. The summed E-state index contributed by atoms with van der Waals surface area (Å²) in [7, 11) is 0. The van der Waals surface area contributed by atoms with Gasteiger partial charge in [0.2, 0.25) is 0 Å². The molecule has 5 rings (SSSR count). The van der Waals surface area contributed by atoms with E-state index >= 15 is 0 Å². The molecule has 40 heavy (non-hydrogen) atoms. The van der Waals surface area contributed by atoms with E-state index in [4.69, 9.17) is 4.98 Å². The third kappa shape index (κ3) is 5.01. The second-order valence-corrected chi connectivity index (χ2v) is 10.3. The van der Waals surface area contributed by atoms with Crippen LogP contribution >= 0.6 is 0 Å². The van der Waals surface area contributed by atoms with Crippen LogP contribution in [0.25, 0.3) is 44.9 Å². The van der Waals surface area contributed by atoms with Gasteiger partial charge in [-0.05, 0) is 91.3 Å². The Morgan fingerprint density at radius 1 is 0.775 bits per heavy atom. The molecular formula is C38H36N2. The van der Waals surface area contributed by atoms with Gasteiger partial charge in [-0.1, -0.05) is 97.6 Å². The van der Waals surface area contributed by atoms with Crippen molar-refractivity contribution in [1.82, 2.24) is 9.55 Å². The Bertz CT molecular complexity index is 1710. The number of benzene rings is 4. The number of allylic oxidation sites excluding steroid dienone is 5. The Labute approximate surface area is 238 Å². The van der Waals surface area contributed by atoms with Crippen molar-refractivity contribution in [2.24, 2.45) is 0 Å². The molecule has 0 saturated heterocycles. The first-order valence-electron chi connectivity index (χ1n) is 13.8. The van der Waals surface area contributed by atoms with Crippen molar-refractivity contribution in [3.05, 3.63) is 150 Å². The van der Waals surface area contributed by atoms with Crippen LogP contribution in [0.15, 0.2) is 133 Å². The summed E-state index contributed by atoms with van der Waals surface area (Å²) in [4.78, 5) is 4.87. The summed E-state index contributed by atoms with van der Waals surface area (Å²) in [5.74, 6) is 0.913. The van der Waals surface area contributed by atoms with Crippen molar-refractivity contribution in [3.8, 4) is 39.3 Å². The molecule has 0 unspecified atom stereocenters. The Balaban J connectivity index is 2.00. The van der Waals surface area contributed by atoms with Gasteiger partial charge in [-0.25, -0.2) is 4.98 Å². The molecule has 0 spiro atoms. The Hall–Kier alpha value is -4.69. The molecule has 0 fully saturated rings. The highest BCUT2D eigenvalue weighted by Crippen LogP contribution is 2.43. The van der Waals surface area contributed by atoms with Gasteiger partial charge in [-0.3, -0.25) is 4.57 Å².